The molecule has 7 nitrogen and oxygen atoms in total. The summed E-state index contributed by atoms with van der Waals surface area (Å²) in [5.74, 6) is 0.0327. The zero-order chi connectivity index (χ0) is 23.3. The van der Waals surface area contributed by atoms with Gasteiger partial charge in [-0.3, -0.25) is 9.69 Å². The number of amides is 1. The predicted octanol–water partition coefficient (Wildman–Crippen LogP) is 5.57. The first kappa shape index (κ1) is 23.9. The van der Waals surface area contributed by atoms with Crippen LogP contribution in [0.5, 0.6) is 11.5 Å². The van der Waals surface area contributed by atoms with Crippen molar-refractivity contribution >= 4 is 56.5 Å². The number of amidine groups is 1. The van der Waals surface area contributed by atoms with E-state index in [0.29, 0.717) is 47.0 Å². The van der Waals surface area contributed by atoms with E-state index in [4.69, 9.17) is 9.47 Å². The van der Waals surface area contributed by atoms with Gasteiger partial charge in [0.15, 0.2) is 16.7 Å². The fraction of sp³-hybridized carbons (Fsp3) is 0.261. The minimum Gasteiger partial charge on any atom is -0.490 e. The molecule has 3 rings (SSSR count). The number of aliphatic imine (C=N–C) groups is 1. The zero-order valence-corrected chi connectivity index (χ0v) is 20.3. The summed E-state index contributed by atoms with van der Waals surface area (Å²) < 4.78 is 12.1. The minimum absolute atomic E-state index is 0.141. The summed E-state index contributed by atoms with van der Waals surface area (Å²) >= 11 is 4.77. The molecule has 1 heterocycles. The molecule has 2 aromatic rings. The van der Waals surface area contributed by atoms with E-state index in [-0.39, 0.29) is 11.5 Å². The number of halogens is 1. The molecule has 32 heavy (non-hydrogen) atoms. The first-order chi connectivity index (χ1) is 15.4. The SMILES string of the molecule is CCOc1cc(/C=C2/SC(=Nc3cccc(C(=O)O)c3)N(CC)C2=O)cc(Br)c1OCC. The van der Waals surface area contributed by atoms with E-state index in [2.05, 4.69) is 20.9 Å². The molecule has 1 N–H and O–H groups in total. The maximum absolute atomic E-state index is 13.0. The van der Waals surface area contributed by atoms with E-state index in [9.17, 15) is 14.7 Å². The van der Waals surface area contributed by atoms with Crippen molar-refractivity contribution in [3.05, 3.63) is 56.9 Å². The Kier molecular flexibility index (Phi) is 7.98. The number of benzene rings is 2. The maximum atomic E-state index is 13.0. The largest absolute Gasteiger partial charge is 0.490 e. The van der Waals surface area contributed by atoms with Crippen molar-refractivity contribution in [1.29, 1.82) is 0 Å². The molecule has 0 spiro atoms. The predicted molar refractivity (Wildman–Crippen MR) is 130 cm³/mol. The Morgan fingerprint density at radius 3 is 2.59 bits per heavy atom. The second kappa shape index (κ2) is 10.7. The molecule has 1 aliphatic rings. The Morgan fingerprint density at radius 2 is 1.94 bits per heavy atom. The molecule has 0 saturated carbocycles. The van der Waals surface area contributed by atoms with Crippen molar-refractivity contribution < 1.29 is 24.2 Å². The summed E-state index contributed by atoms with van der Waals surface area (Å²) in [5, 5.41) is 9.70. The average Bonchev–Trinajstić information content (AvgIpc) is 3.04. The number of rotatable bonds is 8. The number of carbonyl (C=O) groups is 2. The van der Waals surface area contributed by atoms with Crippen LogP contribution in [-0.2, 0) is 4.79 Å². The normalized spacial score (nSPS) is 16.1. The van der Waals surface area contributed by atoms with Crippen LogP contribution in [0.4, 0.5) is 5.69 Å². The number of hydrogen-bond donors (Lipinski definition) is 1. The highest BCUT2D eigenvalue weighted by Gasteiger charge is 2.32. The smallest absolute Gasteiger partial charge is 0.335 e. The molecule has 1 aliphatic heterocycles. The number of carboxylic acid groups (broad SMARTS) is 1. The van der Waals surface area contributed by atoms with Crippen LogP contribution in [0.2, 0.25) is 0 Å². The van der Waals surface area contributed by atoms with E-state index in [1.54, 1.807) is 23.1 Å². The quantitative estimate of drug-likeness (QED) is 0.459. The van der Waals surface area contributed by atoms with Crippen LogP contribution in [0, 0.1) is 0 Å². The minimum atomic E-state index is -1.03. The summed E-state index contributed by atoms with van der Waals surface area (Å²) in [6.07, 6.45) is 1.79. The Balaban J connectivity index is 1.97. The molecule has 0 unspecified atom stereocenters. The van der Waals surface area contributed by atoms with Crippen molar-refractivity contribution in [1.82, 2.24) is 4.90 Å². The first-order valence-corrected chi connectivity index (χ1v) is 11.7. The van der Waals surface area contributed by atoms with E-state index < -0.39 is 5.97 Å². The van der Waals surface area contributed by atoms with Gasteiger partial charge in [0, 0.05) is 6.54 Å². The third-order valence-corrected chi connectivity index (χ3v) is 6.04. The highest BCUT2D eigenvalue weighted by atomic mass is 79.9. The van der Waals surface area contributed by atoms with Gasteiger partial charge in [-0.2, -0.15) is 0 Å². The van der Waals surface area contributed by atoms with Gasteiger partial charge in [-0.05, 0) is 90.4 Å². The van der Waals surface area contributed by atoms with Crippen LogP contribution in [0.1, 0.15) is 36.7 Å². The second-order valence-electron chi connectivity index (χ2n) is 6.61. The number of aromatic carboxylic acids is 1. The number of thioether (sulfide) groups is 1. The lowest BCUT2D eigenvalue weighted by Crippen LogP contribution is -2.28. The third-order valence-electron chi connectivity index (χ3n) is 4.44. The maximum Gasteiger partial charge on any atom is 0.335 e. The molecule has 9 heteroatoms. The molecule has 1 fully saturated rings. The summed E-state index contributed by atoms with van der Waals surface area (Å²) in [5.41, 5.74) is 1.40. The number of nitrogens with zero attached hydrogens (tertiary/aromatic N) is 2. The number of carboxylic acids is 1. The van der Waals surface area contributed by atoms with Gasteiger partial charge in [0.25, 0.3) is 5.91 Å². The molecule has 2 aromatic carbocycles. The Bertz CT molecular complexity index is 1100. The van der Waals surface area contributed by atoms with Crippen LogP contribution in [0.15, 0.2) is 50.8 Å². The number of hydrogen-bond acceptors (Lipinski definition) is 6. The second-order valence-corrected chi connectivity index (χ2v) is 8.47. The summed E-state index contributed by atoms with van der Waals surface area (Å²) in [7, 11) is 0. The topological polar surface area (TPSA) is 88.4 Å². The van der Waals surface area contributed by atoms with Gasteiger partial charge in [-0.15, -0.1) is 0 Å². The molecule has 0 aliphatic carbocycles. The summed E-state index contributed by atoms with van der Waals surface area (Å²) in [4.78, 5) is 30.8. The van der Waals surface area contributed by atoms with Gasteiger partial charge >= 0.3 is 5.97 Å². The van der Waals surface area contributed by atoms with Crippen molar-refractivity contribution in [2.24, 2.45) is 4.99 Å². The molecule has 0 radical (unpaired) electrons. The molecule has 1 saturated heterocycles. The Labute approximate surface area is 199 Å². The first-order valence-electron chi connectivity index (χ1n) is 10.1. The van der Waals surface area contributed by atoms with E-state index in [1.807, 2.05) is 32.9 Å². The third kappa shape index (κ3) is 5.34. The number of likely N-dealkylation sites (N-methyl/N-ethyl adjacent to an activating group) is 1. The van der Waals surface area contributed by atoms with Crippen molar-refractivity contribution in [2.75, 3.05) is 19.8 Å². The highest BCUT2D eigenvalue weighted by Crippen LogP contribution is 2.39. The van der Waals surface area contributed by atoms with Crippen LogP contribution in [0.25, 0.3) is 6.08 Å². The zero-order valence-electron chi connectivity index (χ0n) is 17.9. The van der Waals surface area contributed by atoms with Gasteiger partial charge in [-0.25, -0.2) is 9.79 Å². The fourth-order valence-electron chi connectivity index (χ4n) is 3.06. The van der Waals surface area contributed by atoms with Crippen LogP contribution in [0.3, 0.4) is 0 Å². The molecule has 168 valence electrons. The monoisotopic (exact) mass is 518 g/mol. The van der Waals surface area contributed by atoms with Crippen molar-refractivity contribution in [3.63, 3.8) is 0 Å². The lowest BCUT2D eigenvalue weighted by molar-refractivity contribution is -0.122. The van der Waals surface area contributed by atoms with E-state index in [0.717, 1.165) is 10.0 Å². The molecule has 0 bridgehead atoms. The van der Waals surface area contributed by atoms with Crippen LogP contribution >= 0.6 is 27.7 Å². The molecule has 1 amide bonds. The van der Waals surface area contributed by atoms with Crippen molar-refractivity contribution in [3.8, 4) is 11.5 Å². The van der Waals surface area contributed by atoms with E-state index >= 15 is 0 Å². The van der Waals surface area contributed by atoms with Gasteiger partial charge in [0.05, 0.1) is 33.8 Å². The molecule has 0 aromatic heterocycles. The standard InChI is InChI=1S/C23H23BrN2O5S/c1-4-26-21(27)19(32-23(26)25-16-9-7-8-15(13-16)22(28)29)12-14-10-17(24)20(31-6-3)18(11-14)30-5-2/h7-13H,4-6H2,1-3H3,(H,28,29)/b19-12+,25-23?. The fourth-order valence-corrected chi connectivity index (χ4v) is 4.70. The van der Waals surface area contributed by atoms with Crippen molar-refractivity contribution in [2.45, 2.75) is 20.8 Å². The molecular weight excluding hydrogens is 496 g/mol. The summed E-state index contributed by atoms with van der Waals surface area (Å²) in [6.45, 7) is 7.09. The van der Waals surface area contributed by atoms with Gasteiger partial charge < -0.3 is 14.6 Å². The number of carbonyl (C=O) groups excluding carboxylic acids is 1. The van der Waals surface area contributed by atoms with Gasteiger partial charge in [0.2, 0.25) is 0 Å². The summed E-state index contributed by atoms with van der Waals surface area (Å²) in [6, 6.07) is 10.0. The average molecular weight is 519 g/mol. The lowest BCUT2D eigenvalue weighted by Gasteiger charge is -2.13. The van der Waals surface area contributed by atoms with Gasteiger partial charge in [-0.1, -0.05) is 6.07 Å². The van der Waals surface area contributed by atoms with E-state index in [1.165, 1.54) is 23.9 Å². The van der Waals surface area contributed by atoms with Gasteiger partial charge in [0.1, 0.15) is 0 Å². The number of ether oxygens (including phenoxy) is 2. The Morgan fingerprint density at radius 1 is 1.19 bits per heavy atom. The molecule has 0 atom stereocenters. The van der Waals surface area contributed by atoms with Crippen LogP contribution < -0.4 is 9.47 Å². The Hall–Kier alpha value is -2.78. The van der Waals surface area contributed by atoms with Crippen LogP contribution in [-0.4, -0.2) is 46.8 Å². The highest BCUT2D eigenvalue weighted by molar-refractivity contribution is 9.10. The lowest BCUT2D eigenvalue weighted by atomic mass is 10.2. The molecular formula is C23H23BrN2O5S.